The van der Waals surface area contributed by atoms with Crippen LogP contribution in [0.5, 0.6) is 0 Å². The van der Waals surface area contributed by atoms with E-state index in [0.29, 0.717) is 11.7 Å². The van der Waals surface area contributed by atoms with Crippen molar-refractivity contribution in [2.24, 2.45) is 11.1 Å². The maximum Gasteiger partial charge on any atom is 0.244 e. The van der Waals surface area contributed by atoms with Gasteiger partial charge in [0.25, 0.3) is 0 Å². The number of halogens is 1. The molecule has 0 unspecified atom stereocenters. The summed E-state index contributed by atoms with van der Waals surface area (Å²) in [5.41, 5.74) is 8.06. The highest BCUT2D eigenvalue weighted by Crippen LogP contribution is 2.31. The third kappa shape index (κ3) is 3.04. The van der Waals surface area contributed by atoms with E-state index in [9.17, 15) is 0 Å². The Balaban J connectivity index is 2.36. The molecule has 102 valence electrons. The molecule has 4 nitrogen and oxygen atoms in total. The zero-order chi connectivity index (χ0) is 14.2. The highest BCUT2D eigenvalue weighted by molar-refractivity contribution is 9.10. The lowest BCUT2D eigenvalue weighted by Crippen LogP contribution is -2.26. The van der Waals surface area contributed by atoms with E-state index in [0.717, 1.165) is 15.6 Å². The molecule has 1 atom stereocenters. The van der Waals surface area contributed by atoms with Crippen molar-refractivity contribution in [3.8, 4) is 11.4 Å². The minimum atomic E-state index is -0.274. The van der Waals surface area contributed by atoms with Crippen molar-refractivity contribution in [2.45, 2.75) is 33.7 Å². The van der Waals surface area contributed by atoms with Crippen LogP contribution in [-0.4, -0.2) is 10.1 Å². The summed E-state index contributed by atoms with van der Waals surface area (Å²) in [7, 11) is 0. The van der Waals surface area contributed by atoms with E-state index in [1.807, 2.05) is 45.9 Å². The minimum Gasteiger partial charge on any atom is -0.337 e. The van der Waals surface area contributed by atoms with Gasteiger partial charge in [-0.3, -0.25) is 0 Å². The molecule has 2 rings (SSSR count). The highest BCUT2D eigenvalue weighted by atomic mass is 79.9. The summed E-state index contributed by atoms with van der Waals surface area (Å²) in [4.78, 5) is 4.42. The summed E-state index contributed by atoms with van der Waals surface area (Å²) in [5.74, 6) is 1.06. The first-order chi connectivity index (χ1) is 8.79. The molecule has 19 heavy (non-hydrogen) atoms. The van der Waals surface area contributed by atoms with Crippen molar-refractivity contribution in [3.05, 3.63) is 34.1 Å². The molecule has 2 N–H and O–H groups in total. The van der Waals surface area contributed by atoms with Gasteiger partial charge in [0.05, 0.1) is 6.04 Å². The highest BCUT2D eigenvalue weighted by Gasteiger charge is 2.27. The molecule has 0 amide bonds. The summed E-state index contributed by atoms with van der Waals surface area (Å²) in [5, 5.41) is 4.03. The number of hydrogen-bond acceptors (Lipinski definition) is 4. The maximum atomic E-state index is 6.12. The zero-order valence-corrected chi connectivity index (χ0v) is 13.2. The van der Waals surface area contributed by atoms with Gasteiger partial charge in [0.1, 0.15) is 0 Å². The number of hydrogen-bond donors (Lipinski definition) is 1. The lowest BCUT2D eigenvalue weighted by atomic mass is 9.87. The number of nitrogens with zero attached hydrogens (tertiary/aromatic N) is 2. The first-order valence-electron chi connectivity index (χ1n) is 6.15. The Morgan fingerprint density at radius 2 is 2.00 bits per heavy atom. The molecule has 1 aromatic heterocycles. The van der Waals surface area contributed by atoms with Crippen molar-refractivity contribution in [3.63, 3.8) is 0 Å². The second-order valence-corrected chi connectivity index (χ2v) is 6.67. The number of nitrogens with two attached hydrogens (primary N) is 1. The van der Waals surface area contributed by atoms with Crippen LogP contribution in [0.2, 0.25) is 0 Å². The number of aryl methyl sites for hydroxylation is 1. The van der Waals surface area contributed by atoms with E-state index in [2.05, 4.69) is 26.1 Å². The van der Waals surface area contributed by atoms with Crippen LogP contribution in [0.25, 0.3) is 11.4 Å². The molecular formula is C14H18BrN3O. The predicted molar refractivity (Wildman–Crippen MR) is 78.6 cm³/mol. The van der Waals surface area contributed by atoms with Gasteiger partial charge in [0.2, 0.25) is 11.7 Å². The van der Waals surface area contributed by atoms with Gasteiger partial charge >= 0.3 is 0 Å². The Bertz CT molecular complexity index is 587. The van der Waals surface area contributed by atoms with Crippen molar-refractivity contribution in [1.29, 1.82) is 0 Å². The molecule has 0 fully saturated rings. The largest absolute Gasteiger partial charge is 0.337 e. The van der Waals surface area contributed by atoms with Gasteiger partial charge in [-0.15, -0.1) is 0 Å². The molecule has 0 saturated heterocycles. The van der Waals surface area contributed by atoms with Crippen molar-refractivity contribution in [2.75, 3.05) is 0 Å². The lowest BCUT2D eigenvalue weighted by Gasteiger charge is -2.23. The third-order valence-electron chi connectivity index (χ3n) is 3.07. The number of benzene rings is 1. The van der Waals surface area contributed by atoms with E-state index >= 15 is 0 Å². The van der Waals surface area contributed by atoms with Crippen molar-refractivity contribution in [1.82, 2.24) is 10.1 Å². The number of aromatic nitrogens is 2. The fourth-order valence-electron chi connectivity index (χ4n) is 1.72. The van der Waals surface area contributed by atoms with Crippen LogP contribution in [0, 0.1) is 12.3 Å². The van der Waals surface area contributed by atoms with Gasteiger partial charge in [-0.25, -0.2) is 0 Å². The average Bonchev–Trinajstić information content (AvgIpc) is 2.75. The monoisotopic (exact) mass is 323 g/mol. The van der Waals surface area contributed by atoms with Crippen LogP contribution >= 0.6 is 15.9 Å². The Morgan fingerprint density at radius 3 is 2.58 bits per heavy atom. The molecule has 1 aromatic carbocycles. The van der Waals surface area contributed by atoms with E-state index in [-0.39, 0.29) is 11.5 Å². The minimum absolute atomic E-state index is 0.113. The van der Waals surface area contributed by atoms with Gasteiger partial charge in [-0.2, -0.15) is 4.98 Å². The van der Waals surface area contributed by atoms with Gasteiger partial charge in [-0.05, 0) is 36.1 Å². The normalized spacial score (nSPS) is 13.6. The van der Waals surface area contributed by atoms with E-state index < -0.39 is 0 Å². The molecule has 0 saturated carbocycles. The molecule has 0 aliphatic rings. The van der Waals surface area contributed by atoms with Crippen LogP contribution in [0.15, 0.2) is 27.2 Å². The fraction of sp³-hybridized carbons (Fsp3) is 0.429. The maximum absolute atomic E-state index is 6.12. The molecule has 5 heteroatoms. The SMILES string of the molecule is Cc1cc(Br)ccc1-c1noc([C@H](N)C(C)(C)C)n1. The Labute approximate surface area is 121 Å². The molecule has 0 aliphatic heterocycles. The molecule has 0 radical (unpaired) electrons. The van der Waals surface area contributed by atoms with E-state index in [4.69, 9.17) is 10.3 Å². The first kappa shape index (κ1) is 14.2. The molecule has 1 heterocycles. The van der Waals surface area contributed by atoms with Crippen LogP contribution in [0.1, 0.15) is 38.3 Å². The van der Waals surface area contributed by atoms with Crippen LogP contribution < -0.4 is 5.73 Å². The number of rotatable bonds is 2. The Morgan fingerprint density at radius 1 is 1.32 bits per heavy atom. The summed E-state index contributed by atoms with van der Waals surface area (Å²) in [6.45, 7) is 8.16. The molecule has 2 aromatic rings. The molecule has 0 aliphatic carbocycles. The fourth-order valence-corrected chi connectivity index (χ4v) is 2.19. The zero-order valence-electron chi connectivity index (χ0n) is 11.6. The smallest absolute Gasteiger partial charge is 0.244 e. The Hall–Kier alpha value is -1.20. The van der Waals surface area contributed by atoms with Crippen molar-refractivity contribution < 1.29 is 4.52 Å². The second kappa shape index (κ2) is 5.06. The summed E-state index contributed by atoms with van der Waals surface area (Å²) in [6.07, 6.45) is 0. The second-order valence-electron chi connectivity index (χ2n) is 5.76. The van der Waals surface area contributed by atoms with E-state index in [1.165, 1.54) is 0 Å². The predicted octanol–water partition coefficient (Wildman–Crippen LogP) is 3.85. The van der Waals surface area contributed by atoms with Crippen molar-refractivity contribution >= 4 is 15.9 Å². The average molecular weight is 324 g/mol. The standard InChI is InChI=1S/C14H18BrN3O/c1-8-7-9(15)5-6-10(8)12-17-13(19-18-12)11(16)14(2,3)4/h5-7,11H,16H2,1-4H3/t11-/m0/s1. The van der Waals surface area contributed by atoms with E-state index in [1.54, 1.807) is 0 Å². The summed E-state index contributed by atoms with van der Waals surface area (Å²) < 4.78 is 6.33. The Kier molecular flexibility index (Phi) is 3.78. The quantitative estimate of drug-likeness (QED) is 0.911. The third-order valence-corrected chi connectivity index (χ3v) is 3.56. The molecular weight excluding hydrogens is 306 g/mol. The molecule has 0 spiro atoms. The molecule has 0 bridgehead atoms. The van der Waals surface area contributed by atoms with Gasteiger partial charge < -0.3 is 10.3 Å². The van der Waals surface area contributed by atoms with Gasteiger partial charge in [-0.1, -0.05) is 41.9 Å². The van der Waals surface area contributed by atoms with Crippen LogP contribution in [0.3, 0.4) is 0 Å². The van der Waals surface area contributed by atoms with Gasteiger partial charge in [0.15, 0.2) is 0 Å². The van der Waals surface area contributed by atoms with Crippen LogP contribution in [-0.2, 0) is 0 Å². The summed E-state index contributed by atoms with van der Waals surface area (Å²) in [6, 6.07) is 5.68. The van der Waals surface area contributed by atoms with Crippen LogP contribution in [0.4, 0.5) is 0 Å². The van der Waals surface area contributed by atoms with Gasteiger partial charge in [0, 0.05) is 10.0 Å². The summed E-state index contributed by atoms with van der Waals surface area (Å²) >= 11 is 3.44. The first-order valence-corrected chi connectivity index (χ1v) is 6.94. The lowest BCUT2D eigenvalue weighted by molar-refractivity contribution is 0.253. The topological polar surface area (TPSA) is 64.9 Å².